The first-order valence-corrected chi connectivity index (χ1v) is 4.09. The summed E-state index contributed by atoms with van der Waals surface area (Å²) in [6, 6.07) is 0. The van der Waals surface area contributed by atoms with Crippen molar-refractivity contribution in [2.24, 2.45) is 0 Å². The smallest absolute Gasteiger partial charge is 0.223 e. The van der Waals surface area contributed by atoms with E-state index in [1.165, 1.54) is 0 Å². The SMILES string of the molecule is CCCCNC(=O)CP. The van der Waals surface area contributed by atoms with Crippen LogP contribution in [-0.2, 0) is 4.79 Å². The molecule has 0 bridgehead atoms. The summed E-state index contributed by atoms with van der Waals surface area (Å²) in [6.07, 6.45) is 2.73. The van der Waals surface area contributed by atoms with Crippen LogP contribution in [0, 0.1) is 0 Å². The molecule has 1 amide bonds. The summed E-state index contributed by atoms with van der Waals surface area (Å²) in [5.41, 5.74) is 0. The van der Waals surface area contributed by atoms with Gasteiger partial charge in [-0.2, -0.15) is 0 Å². The maximum atomic E-state index is 10.6. The van der Waals surface area contributed by atoms with Gasteiger partial charge in [-0.1, -0.05) is 13.3 Å². The Labute approximate surface area is 58.6 Å². The molecule has 0 aromatic carbocycles. The molecule has 9 heavy (non-hydrogen) atoms. The van der Waals surface area contributed by atoms with Gasteiger partial charge in [0.15, 0.2) is 0 Å². The highest BCUT2D eigenvalue weighted by Gasteiger charge is 1.92. The molecule has 0 radical (unpaired) electrons. The Hall–Kier alpha value is -0.100. The molecule has 0 aliphatic heterocycles. The van der Waals surface area contributed by atoms with Crippen molar-refractivity contribution in [1.29, 1.82) is 0 Å². The van der Waals surface area contributed by atoms with E-state index in [0.29, 0.717) is 6.16 Å². The lowest BCUT2D eigenvalue weighted by Gasteiger charge is -1.99. The number of amides is 1. The van der Waals surface area contributed by atoms with Crippen molar-refractivity contribution in [3.63, 3.8) is 0 Å². The number of rotatable bonds is 4. The third-order valence-electron chi connectivity index (χ3n) is 1.04. The highest BCUT2D eigenvalue weighted by atomic mass is 31.0. The van der Waals surface area contributed by atoms with Gasteiger partial charge in [0.1, 0.15) is 0 Å². The van der Waals surface area contributed by atoms with Crippen LogP contribution in [0.3, 0.4) is 0 Å². The Bertz CT molecular complexity index is 85.1. The second kappa shape index (κ2) is 6.03. The molecule has 0 heterocycles. The molecule has 2 nitrogen and oxygen atoms in total. The molecule has 0 aromatic rings. The van der Waals surface area contributed by atoms with Gasteiger partial charge in [-0.3, -0.25) is 4.79 Å². The van der Waals surface area contributed by atoms with Crippen LogP contribution in [0.2, 0.25) is 0 Å². The van der Waals surface area contributed by atoms with E-state index in [1.807, 2.05) is 0 Å². The number of carbonyl (C=O) groups is 1. The second-order valence-electron chi connectivity index (χ2n) is 1.91. The third kappa shape index (κ3) is 5.78. The van der Waals surface area contributed by atoms with Crippen molar-refractivity contribution in [3.05, 3.63) is 0 Å². The fourth-order valence-corrected chi connectivity index (χ4v) is 0.621. The van der Waals surface area contributed by atoms with Gasteiger partial charge < -0.3 is 5.32 Å². The predicted molar refractivity (Wildman–Crippen MR) is 42.5 cm³/mol. The summed E-state index contributed by atoms with van der Waals surface area (Å²) in [5, 5.41) is 2.77. The standard InChI is InChI=1S/C6H14NOP/c1-2-3-4-7-6(8)5-9/h2-5,9H2,1H3,(H,7,8). The van der Waals surface area contributed by atoms with E-state index >= 15 is 0 Å². The molecule has 54 valence electrons. The summed E-state index contributed by atoms with van der Waals surface area (Å²) >= 11 is 0. The Morgan fingerprint density at radius 3 is 2.78 bits per heavy atom. The fraction of sp³-hybridized carbons (Fsp3) is 0.833. The Morgan fingerprint density at radius 2 is 2.33 bits per heavy atom. The molecule has 0 rings (SSSR count). The van der Waals surface area contributed by atoms with Crippen LogP contribution >= 0.6 is 9.24 Å². The van der Waals surface area contributed by atoms with E-state index in [-0.39, 0.29) is 5.91 Å². The Balaban J connectivity index is 2.97. The van der Waals surface area contributed by atoms with Crippen molar-refractivity contribution in [1.82, 2.24) is 5.32 Å². The maximum Gasteiger partial charge on any atom is 0.223 e. The summed E-state index contributed by atoms with van der Waals surface area (Å²) in [5.74, 6) is 0.119. The van der Waals surface area contributed by atoms with Gasteiger partial charge in [0.25, 0.3) is 0 Å². The van der Waals surface area contributed by atoms with Gasteiger partial charge in [-0.15, -0.1) is 9.24 Å². The molecule has 0 aliphatic carbocycles. The van der Waals surface area contributed by atoms with E-state index in [2.05, 4.69) is 21.5 Å². The first-order valence-electron chi connectivity index (χ1n) is 3.28. The van der Waals surface area contributed by atoms with Crippen molar-refractivity contribution < 1.29 is 4.79 Å². The van der Waals surface area contributed by atoms with Gasteiger partial charge in [-0.05, 0) is 6.42 Å². The summed E-state index contributed by atoms with van der Waals surface area (Å²) in [4.78, 5) is 10.6. The highest BCUT2D eigenvalue weighted by molar-refractivity contribution is 7.18. The molecule has 0 saturated heterocycles. The van der Waals surface area contributed by atoms with Crippen molar-refractivity contribution in [2.45, 2.75) is 19.8 Å². The van der Waals surface area contributed by atoms with Crippen molar-refractivity contribution >= 4 is 15.1 Å². The van der Waals surface area contributed by atoms with Crippen LogP contribution in [0.25, 0.3) is 0 Å². The first-order chi connectivity index (χ1) is 4.31. The number of hydrogen-bond acceptors (Lipinski definition) is 1. The number of unbranched alkanes of at least 4 members (excludes halogenated alkanes) is 1. The molecule has 3 heteroatoms. The van der Waals surface area contributed by atoms with E-state index in [0.717, 1.165) is 19.4 Å². The lowest BCUT2D eigenvalue weighted by atomic mass is 10.3. The van der Waals surface area contributed by atoms with Crippen LogP contribution in [0.4, 0.5) is 0 Å². The van der Waals surface area contributed by atoms with Crippen LogP contribution in [0.5, 0.6) is 0 Å². The van der Waals surface area contributed by atoms with E-state index < -0.39 is 0 Å². The normalized spacial score (nSPS) is 9.11. The fourth-order valence-electron chi connectivity index (χ4n) is 0.477. The lowest BCUT2D eigenvalue weighted by Crippen LogP contribution is -2.24. The molecule has 0 aliphatic rings. The summed E-state index contributed by atoms with van der Waals surface area (Å²) < 4.78 is 0. The van der Waals surface area contributed by atoms with Gasteiger partial charge in [0.2, 0.25) is 5.91 Å². The lowest BCUT2D eigenvalue weighted by molar-refractivity contribution is -0.118. The molecule has 1 N–H and O–H groups in total. The van der Waals surface area contributed by atoms with Gasteiger partial charge in [-0.25, -0.2) is 0 Å². The Morgan fingerprint density at radius 1 is 1.67 bits per heavy atom. The molecular formula is C6H14NOP. The molecule has 1 unspecified atom stereocenters. The topological polar surface area (TPSA) is 29.1 Å². The zero-order valence-corrected chi connectivity index (χ0v) is 6.97. The average Bonchev–Trinajstić information content (AvgIpc) is 1.89. The molecule has 1 atom stereocenters. The minimum atomic E-state index is 0.119. The van der Waals surface area contributed by atoms with Crippen LogP contribution in [-0.4, -0.2) is 18.6 Å². The van der Waals surface area contributed by atoms with E-state index in [4.69, 9.17) is 0 Å². The van der Waals surface area contributed by atoms with Gasteiger partial charge in [0, 0.05) is 12.7 Å². The first kappa shape index (κ1) is 8.90. The second-order valence-corrected chi connectivity index (χ2v) is 2.32. The van der Waals surface area contributed by atoms with Crippen molar-refractivity contribution in [3.8, 4) is 0 Å². The molecule has 0 fully saturated rings. The quantitative estimate of drug-likeness (QED) is 0.462. The third-order valence-corrected chi connectivity index (χ3v) is 1.41. The van der Waals surface area contributed by atoms with Gasteiger partial charge >= 0.3 is 0 Å². The van der Waals surface area contributed by atoms with Crippen LogP contribution < -0.4 is 5.32 Å². The van der Waals surface area contributed by atoms with Gasteiger partial charge in [0.05, 0.1) is 0 Å². The predicted octanol–water partition coefficient (Wildman–Crippen LogP) is 0.778. The number of nitrogens with one attached hydrogen (secondary N) is 1. The highest BCUT2D eigenvalue weighted by Crippen LogP contribution is 1.83. The molecule has 0 spiro atoms. The van der Waals surface area contributed by atoms with E-state index in [9.17, 15) is 4.79 Å². The van der Waals surface area contributed by atoms with Crippen LogP contribution in [0.1, 0.15) is 19.8 Å². The van der Waals surface area contributed by atoms with Crippen LogP contribution in [0.15, 0.2) is 0 Å². The monoisotopic (exact) mass is 147 g/mol. The average molecular weight is 147 g/mol. The van der Waals surface area contributed by atoms with Crippen molar-refractivity contribution in [2.75, 3.05) is 12.7 Å². The number of carbonyl (C=O) groups excluding carboxylic acids is 1. The zero-order chi connectivity index (χ0) is 7.11. The molecular weight excluding hydrogens is 133 g/mol. The van der Waals surface area contributed by atoms with E-state index in [1.54, 1.807) is 0 Å². The molecule has 0 saturated carbocycles. The summed E-state index contributed by atoms with van der Waals surface area (Å²) in [7, 11) is 2.39. The number of hydrogen-bond donors (Lipinski definition) is 1. The minimum absolute atomic E-state index is 0.119. The largest absolute Gasteiger partial charge is 0.356 e. The molecule has 0 aromatic heterocycles. The Kier molecular flexibility index (Phi) is 5.96. The maximum absolute atomic E-state index is 10.6. The minimum Gasteiger partial charge on any atom is -0.356 e. The zero-order valence-electron chi connectivity index (χ0n) is 5.81. The summed E-state index contributed by atoms with van der Waals surface area (Å²) in [6.45, 7) is 2.93.